The lowest BCUT2D eigenvalue weighted by atomic mass is 9.56. The van der Waals surface area contributed by atoms with Crippen molar-refractivity contribution in [3.63, 3.8) is 0 Å². The van der Waals surface area contributed by atoms with E-state index in [0.29, 0.717) is 24.7 Å². The fourth-order valence-corrected chi connectivity index (χ4v) is 5.34. The molecule has 8 heteroatoms. The summed E-state index contributed by atoms with van der Waals surface area (Å²) in [5.41, 5.74) is -0.559. The molecule has 0 aromatic heterocycles. The molecule has 2 heterocycles. The van der Waals surface area contributed by atoms with Crippen LogP contribution in [0.25, 0.3) is 0 Å². The molecule has 3 fully saturated rings. The molecule has 1 aromatic carbocycles. The number of hydrogen-bond donors (Lipinski definition) is 1. The highest BCUT2D eigenvalue weighted by molar-refractivity contribution is 5.77. The molecule has 2 aliphatic heterocycles. The van der Waals surface area contributed by atoms with Gasteiger partial charge in [-0.15, -0.1) is 0 Å². The maximum Gasteiger partial charge on any atom is 0.416 e. The number of benzene rings is 1. The zero-order valence-electron chi connectivity index (χ0n) is 16.8. The molecule has 1 aliphatic carbocycles. The molecule has 2 saturated heterocycles. The standard InChI is InChI=1S/C21H27F4N3O/c1-3-6-20(26-2)12-28(13-20)18(29)27-10-19(11-27)8-14(9-19)16-5-4-15(7-17(16)22)21(23,24)25/h4-5,7,14,26H,3,6,8-13H2,1-2H3. The van der Waals surface area contributed by atoms with Crippen LogP contribution in [0, 0.1) is 11.2 Å². The summed E-state index contributed by atoms with van der Waals surface area (Å²) < 4.78 is 52.3. The monoisotopic (exact) mass is 413 g/mol. The van der Waals surface area contributed by atoms with E-state index < -0.39 is 17.6 Å². The number of rotatable bonds is 4. The van der Waals surface area contributed by atoms with Crippen molar-refractivity contribution in [2.24, 2.45) is 5.41 Å². The summed E-state index contributed by atoms with van der Waals surface area (Å²) in [6.07, 6.45) is -0.992. The van der Waals surface area contributed by atoms with Crippen molar-refractivity contribution < 1.29 is 22.4 Å². The number of nitrogens with one attached hydrogen (secondary N) is 1. The Bertz CT molecular complexity index is 790. The molecule has 29 heavy (non-hydrogen) atoms. The van der Waals surface area contributed by atoms with Gasteiger partial charge in [-0.2, -0.15) is 13.2 Å². The fraction of sp³-hybridized carbons (Fsp3) is 0.667. The largest absolute Gasteiger partial charge is 0.416 e. The van der Waals surface area contributed by atoms with Crippen molar-refractivity contribution in [1.82, 2.24) is 15.1 Å². The van der Waals surface area contributed by atoms with Crippen LogP contribution in [0.1, 0.15) is 49.7 Å². The molecule has 0 radical (unpaired) electrons. The second-order valence-corrected chi connectivity index (χ2v) is 9.11. The number of halogens is 4. The van der Waals surface area contributed by atoms with Crippen LogP contribution in [0.15, 0.2) is 18.2 Å². The molecule has 0 bridgehead atoms. The van der Waals surface area contributed by atoms with E-state index in [1.807, 2.05) is 16.8 Å². The van der Waals surface area contributed by atoms with Gasteiger partial charge in [-0.05, 0) is 49.9 Å². The Balaban J connectivity index is 1.28. The number of hydrogen-bond acceptors (Lipinski definition) is 2. The van der Waals surface area contributed by atoms with E-state index in [4.69, 9.17) is 0 Å². The van der Waals surface area contributed by atoms with Crippen LogP contribution in [-0.4, -0.2) is 54.6 Å². The molecule has 3 aliphatic rings. The number of amides is 2. The Hall–Kier alpha value is -1.83. The van der Waals surface area contributed by atoms with Crippen molar-refractivity contribution in [3.05, 3.63) is 35.1 Å². The number of likely N-dealkylation sites (tertiary alicyclic amines) is 2. The summed E-state index contributed by atoms with van der Waals surface area (Å²) in [6.45, 7) is 4.89. The van der Waals surface area contributed by atoms with Gasteiger partial charge in [-0.3, -0.25) is 0 Å². The van der Waals surface area contributed by atoms with Crippen molar-refractivity contribution in [3.8, 4) is 0 Å². The number of nitrogens with zero attached hydrogens (tertiary/aromatic N) is 2. The highest BCUT2D eigenvalue weighted by atomic mass is 19.4. The average Bonchev–Trinajstić information content (AvgIpc) is 2.55. The maximum absolute atomic E-state index is 14.2. The van der Waals surface area contributed by atoms with Crippen molar-refractivity contribution >= 4 is 6.03 Å². The molecule has 1 saturated carbocycles. The Morgan fingerprint density at radius 1 is 1.17 bits per heavy atom. The summed E-state index contributed by atoms with van der Waals surface area (Å²) in [5.74, 6) is -0.855. The molecule has 0 unspecified atom stereocenters. The minimum atomic E-state index is -4.53. The van der Waals surface area contributed by atoms with Gasteiger partial charge in [0, 0.05) is 31.6 Å². The van der Waals surface area contributed by atoms with Crippen LogP contribution >= 0.6 is 0 Å². The number of carbonyl (C=O) groups excluding carboxylic acids is 1. The van der Waals surface area contributed by atoms with Crippen LogP contribution in [0.2, 0.25) is 0 Å². The molecule has 160 valence electrons. The molecule has 4 rings (SSSR count). The second kappa shape index (κ2) is 6.86. The van der Waals surface area contributed by atoms with Crippen molar-refractivity contribution in [2.75, 3.05) is 33.2 Å². The van der Waals surface area contributed by atoms with Gasteiger partial charge in [-0.1, -0.05) is 19.4 Å². The van der Waals surface area contributed by atoms with E-state index in [1.54, 1.807) is 0 Å². The third-order valence-electron chi connectivity index (χ3n) is 6.97. The minimum Gasteiger partial charge on any atom is -0.323 e. The van der Waals surface area contributed by atoms with E-state index in [1.165, 1.54) is 6.07 Å². The fourth-order valence-electron chi connectivity index (χ4n) is 5.34. The van der Waals surface area contributed by atoms with Crippen molar-refractivity contribution in [2.45, 2.75) is 50.2 Å². The lowest BCUT2D eigenvalue weighted by molar-refractivity contribution is -0.137. The maximum atomic E-state index is 14.2. The smallest absolute Gasteiger partial charge is 0.323 e. The van der Waals surface area contributed by atoms with Crippen LogP contribution < -0.4 is 5.32 Å². The molecule has 1 N–H and O–H groups in total. The molecule has 1 aromatic rings. The van der Waals surface area contributed by atoms with Gasteiger partial charge in [0.25, 0.3) is 0 Å². The molecule has 2 amide bonds. The predicted molar refractivity (Wildman–Crippen MR) is 101 cm³/mol. The summed E-state index contributed by atoms with van der Waals surface area (Å²) in [4.78, 5) is 16.3. The molecular weight excluding hydrogens is 386 g/mol. The third-order valence-corrected chi connectivity index (χ3v) is 6.97. The number of urea groups is 1. The first kappa shape index (κ1) is 20.4. The highest BCUT2D eigenvalue weighted by Crippen LogP contribution is 2.56. The van der Waals surface area contributed by atoms with Gasteiger partial charge < -0.3 is 15.1 Å². The zero-order chi connectivity index (χ0) is 21.0. The van der Waals surface area contributed by atoms with Crippen LogP contribution in [0.4, 0.5) is 22.4 Å². The van der Waals surface area contributed by atoms with Gasteiger partial charge in [0.2, 0.25) is 0 Å². The van der Waals surface area contributed by atoms with E-state index in [-0.39, 0.29) is 22.9 Å². The lowest BCUT2D eigenvalue weighted by Crippen LogP contribution is -2.74. The van der Waals surface area contributed by atoms with Gasteiger partial charge in [-0.25, -0.2) is 9.18 Å². The highest BCUT2D eigenvalue weighted by Gasteiger charge is 2.56. The first-order valence-electron chi connectivity index (χ1n) is 10.2. The van der Waals surface area contributed by atoms with Crippen LogP contribution in [-0.2, 0) is 6.18 Å². The Morgan fingerprint density at radius 3 is 2.31 bits per heavy atom. The molecule has 0 atom stereocenters. The van der Waals surface area contributed by atoms with E-state index in [2.05, 4.69) is 12.2 Å². The summed E-state index contributed by atoms with van der Waals surface area (Å²) >= 11 is 0. The minimum absolute atomic E-state index is 0.00382. The van der Waals surface area contributed by atoms with Gasteiger partial charge in [0.15, 0.2) is 0 Å². The van der Waals surface area contributed by atoms with Crippen LogP contribution in [0.3, 0.4) is 0 Å². The first-order valence-corrected chi connectivity index (χ1v) is 10.2. The normalized spacial score (nSPS) is 22.8. The summed E-state index contributed by atoms with van der Waals surface area (Å²) in [6, 6.07) is 2.86. The second-order valence-electron chi connectivity index (χ2n) is 9.11. The Kier molecular flexibility index (Phi) is 4.83. The van der Waals surface area contributed by atoms with E-state index in [0.717, 1.165) is 44.8 Å². The van der Waals surface area contributed by atoms with E-state index in [9.17, 15) is 22.4 Å². The van der Waals surface area contributed by atoms with Crippen LogP contribution in [0.5, 0.6) is 0 Å². The molecular formula is C21H27F4N3O. The average molecular weight is 413 g/mol. The number of carbonyl (C=O) groups is 1. The number of alkyl halides is 3. The quantitative estimate of drug-likeness (QED) is 0.751. The predicted octanol–water partition coefficient (Wildman–Crippen LogP) is 4.22. The molecule has 4 nitrogen and oxygen atoms in total. The first-order chi connectivity index (χ1) is 13.6. The van der Waals surface area contributed by atoms with Gasteiger partial charge in [0.05, 0.1) is 11.1 Å². The van der Waals surface area contributed by atoms with Gasteiger partial charge >= 0.3 is 12.2 Å². The topological polar surface area (TPSA) is 35.6 Å². The van der Waals surface area contributed by atoms with Gasteiger partial charge in [0.1, 0.15) is 5.82 Å². The third kappa shape index (κ3) is 3.49. The SMILES string of the molecule is CCCC1(NC)CN(C(=O)N2CC3(CC(c4ccc(C(F)(F)F)cc4F)C3)C2)C1. The van der Waals surface area contributed by atoms with Crippen molar-refractivity contribution in [1.29, 1.82) is 0 Å². The summed E-state index contributed by atoms with van der Waals surface area (Å²) in [7, 11) is 1.94. The summed E-state index contributed by atoms with van der Waals surface area (Å²) in [5, 5.41) is 3.34. The molecule has 1 spiro atoms. The zero-order valence-corrected chi connectivity index (χ0v) is 16.8. The van der Waals surface area contributed by atoms with E-state index >= 15 is 0 Å². The Labute approximate surface area is 168 Å². The number of likely N-dealkylation sites (N-methyl/N-ethyl adjacent to an activating group) is 1. The Morgan fingerprint density at radius 2 is 1.79 bits per heavy atom. The lowest BCUT2D eigenvalue weighted by Gasteiger charge is -2.61.